The van der Waals surface area contributed by atoms with Gasteiger partial charge in [0, 0.05) is 0 Å². The van der Waals surface area contributed by atoms with E-state index in [1.165, 1.54) is 18.9 Å². The highest BCUT2D eigenvalue weighted by molar-refractivity contribution is 5.70. The monoisotopic (exact) mass is 111 g/mol. The molecule has 0 aliphatic carbocycles. The minimum absolute atomic E-state index is 0.514. The second kappa shape index (κ2) is 2.11. The molecule has 4 nitrogen and oxygen atoms in total. The van der Waals surface area contributed by atoms with E-state index in [4.69, 9.17) is 0 Å². The predicted molar refractivity (Wildman–Crippen MR) is 25.8 cm³/mol. The van der Waals surface area contributed by atoms with E-state index in [2.05, 4.69) is 15.0 Å². The van der Waals surface area contributed by atoms with Gasteiger partial charge in [0.25, 0.3) is 0 Å². The Morgan fingerprint density at radius 3 is 3.25 bits per heavy atom. The lowest BCUT2D eigenvalue weighted by Gasteiger charge is -1.80. The van der Waals surface area contributed by atoms with Crippen LogP contribution in [0.4, 0.5) is 5.69 Å². The minimum atomic E-state index is 0.514. The standard InChI is InChI=1S/C4H3N2O2/c7-3-5-4-1-6-8-2-4/h1-2H,(H,5,7). The molecule has 0 aliphatic heterocycles. The maximum atomic E-state index is 9.57. The van der Waals surface area contributed by atoms with E-state index in [1.807, 2.05) is 0 Å². The van der Waals surface area contributed by atoms with Gasteiger partial charge in [-0.05, 0) is 0 Å². The van der Waals surface area contributed by atoms with Crippen molar-refractivity contribution < 1.29 is 9.32 Å². The van der Waals surface area contributed by atoms with Crippen molar-refractivity contribution in [1.82, 2.24) is 5.16 Å². The van der Waals surface area contributed by atoms with E-state index in [0.29, 0.717) is 5.69 Å². The molecule has 1 N–H and O–H groups in total. The van der Waals surface area contributed by atoms with Gasteiger partial charge in [-0.2, -0.15) is 0 Å². The van der Waals surface area contributed by atoms with Crippen LogP contribution in [0.25, 0.3) is 0 Å². The molecule has 0 spiro atoms. The molecule has 1 amide bonds. The molecule has 1 aromatic rings. The second-order valence-electron chi connectivity index (χ2n) is 1.14. The van der Waals surface area contributed by atoms with Gasteiger partial charge in [0.05, 0.1) is 6.20 Å². The van der Waals surface area contributed by atoms with Crippen LogP contribution >= 0.6 is 0 Å². The molecule has 0 aromatic carbocycles. The normalized spacial score (nSPS) is 8.50. The average Bonchev–Trinajstić information content (AvgIpc) is 2.19. The number of amides is 1. The smallest absolute Gasteiger partial charge is 0.314 e. The number of aromatic nitrogens is 1. The van der Waals surface area contributed by atoms with Crippen LogP contribution in [0.3, 0.4) is 0 Å². The summed E-state index contributed by atoms with van der Waals surface area (Å²) < 4.78 is 4.38. The van der Waals surface area contributed by atoms with Gasteiger partial charge in [-0.25, -0.2) is 0 Å². The first kappa shape index (κ1) is 4.83. The van der Waals surface area contributed by atoms with Gasteiger partial charge in [0.1, 0.15) is 12.0 Å². The highest BCUT2D eigenvalue weighted by atomic mass is 16.5. The van der Waals surface area contributed by atoms with Gasteiger partial charge in [0.15, 0.2) is 0 Å². The Labute approximate surface area is 45.5 Å². The quantitative estimate of drug-likeness (QED) is 0.553. The molecule has 0 aliphatic rings. The summed E-state index contributed by atoms with van der Waals surface area (Å²) in [6.07, 6.45) is 4.16. The average molecular weight is 111 g/mol. The molecule has 0 atom stereocenters. The van der Waals surface area contributed by atoms with Crippen LogP contribution in [-0.4, -0.2) is 11.6 Å². The molecular weight excluding hydrogens is 108 g/mol. The zero-order valence-corrected chi connectivity index (χ0v) is 3.92. The molecule has 0 bridgehead atoms. The SMILES string of the molecule is O=[C]Nc1cnoc1. The summed E-state index contributed by atoms with van der Waals surface area (Å²) >= 11 is 0. The third-order valence-electron chi connectivity index (χ3n) is 0.628. The highest BCUT2D eigenvalue weighted by Gasteiger charge is 1.88. The summed E-state index contributed by atoms with van der Waals surface area (Å²) in [5, 5.41) is 5.55. The summed E-state index contributed by atoms with van der Waals surface area (Å²) in [5.74, 6) is 0. The van der Waals surface area contributed by atoms with E-state index >= 15 is 0 Å². The van der Waals surface area contributed by atoms with Crippen molar-refractivity contribution in [3.05, 3.63) is 12.5 Å². The Balaban J connectivity index is 2.62. The zero-order valence-electron chi connectivity index (χ0n) is 3.92. The fraction of sp³-hybridized carbons (Fsp3) is 0. The Hall–Kier alpha value is -1.32. The summed E-state index contributed by atoms with van der Waals surface area (Å²) in [4.78, 5) is 9.57. The van der Waals surface area contributed by atoms with Crippen molar-refractivity contribution in [2.75, 3.05) is 5.32 Å². The Morgan fingerprint density at radius 2 is 2.75 bits per heavy atom. The lowest BCUT2D eigenvalue weighted by molar-refractivity contribution is 0.420. The van der Waals surface area contributed by atoms with Gasteiger partial charge in [-0.1, -0.05) is 5.16 Å². The molecule has 41 valence electrons. The van der Waals surface area contributed by atoms with E-state index in [9.17, 15) is 4.79 Å². The van der Waals surface area contributed by atoms with Crippen molar-refractivity contribution >= 4 is 12.1 Å². The number of rotatable bonds is 2. The van der Waals surface area contributed by atoms with Gasteiger partial charge < -0.3 is 9.84 Å². The van der Waals surface area contributed by atoms with Crippen LogP contribution in [0.15, 0.2) is 17.0 Å². The third kappa shape index (κ3) is 0.841. The van der Waals surface area contributed by atoms with Crippen molar-refractivity contribution in [2.45, 2.75) is 0 Å². The number of nitrogens with one attached hydrogen (secondary N) is 1. The molecule has 4 heteroatoms. The predicted octanol–water partition coefficient (Wildman–Crippen LogP) is 0.154. The largest absolute Gasteiger partial charge is 0.363 e. The van der Waals surface area contributed by atoms with Gasteiger partial charge in [0.2, 0.25) is 0 Å². The van der Waals surface area contributed by atoms with Crippen LogP contribution < -0.4 is 5.32 Å². The first-order chi connectivity index (χ1) is 3.93. The first-order valence-corrected chi connectivity index (χ1v) is 1.96. The molecule has 1 radical (unpaired) electrons. The molecule has 0 fully saturated rings. The van der Waals surface area contributed by atoms with Crippen LogP contribution in [0.2, 0.25) is 0 Å². The van der Waals surface area contributed by atoms with E-state index in [1.54, 1.807) is 0 Å². The summed E-state index contributed by atoms with van der Waals surface area (Å²) in [6, 6.07) is 0. The first-order valence-electron chi connectivity index (χ1n) is 1.96. The van der Waals surface area contributed by atoms with Crippen LogP contribution in [0, 0.1) is 0 Å². The van der Waals surface area contributed by atoms with Gasteiger partial charge >= 0.3 is 6.41 Å². The number of anilines is 1. The summed E-state index contributed by atoms with van der Waals surface area (Å²) in [6.45, 7) is 0. The number of hydrogen-bond donors (Lipinski definition) is 1. The van der Waals surface area contributed by atoms with Crippen LogP contribution in [0.1, 0.15) is 0 Å². The molecule has 1 rings (SSSR count). The zero-order chi connectivity index (χ0) is 5.82. The fourth-order valence-corrected chi connectivity index (χ4v) is 0.326. The number of carbonyl (C=O) groups excluding carboxylic acids is 1. The molecule has 1 aromatic heterocycles. The number of hydrogen-bond acceptors (Lipinski definition) is 3. The van der Waals surface area contributed by atoms with Crippen molar-refractivity contribution in [1.29, 1.82) is 0 Å². The lowest BCUT2D eigenvalue weighted by Crippen LogP contribution is -1.89. The second-order valence-corrected chi connectivity index (χ2v) is 1.14. The van der Waals surface area contributed by atoms with Crippen molar-refractivity contribution in [3.63, 3.8) is 0 Å². The lowest BCUT2D eigenvalue weighted by atomic mass is 10.6. The van der Waals surface area contributed by atoms with E-state index < -0.39 is 0 Å². The third-order valence-corrected chi connectivity index (χ3v) is 0.628. The molecule has 1 heterocycles. The van der Waals surface area contributed by atoms with E-state index in [0.717, 1.165) is 0 Å². The van der Waals surface area contributed by atoms with Gasteiger partial charge in [-0.3, -0.25) is 4.79 Å². The Morgan fingerprint density at radius 1 is 1.88 bits per heavy atom. The maximum Gasteiger partial charge on any atom is 0.314 e. The summed E-state index contributed by atoms with van der Waals surface area (Å²) in [7, 11) is 0. The minimum Gasteiger partial charge on any atom is -0.363 e. The summed E-state index contributed by atoms with van der Waals surface area (Å²) in [5.41, 5.74) is 0.514. The number of nitrogens with zero attached hydrogens (tertiary/aromatic N) is 1. The molecule has 0 unspecified atom stereocenters. The van der Waals surface area contributed by atoms with E-state index in [-0.39, 0.29) is 0 Å². The topological polar surface area (TPSA) is 55.1 Å². The molecule has 0 saturated heterocycles. The molecular formula is C4H3N2O2. The molecule has 0 saturated carbocycles. The van der Waals surface area contributed by atoms with Crippen LogP contribution in [-0.2, 0) is 4.79 Å². The highest BCUT2D eigenvalue weighted by Crippen LogP contribution is 1.99. The van der Waals surface area contributed by atoms with Crippen LogP contribution in [0.5, 0.6) is 0 Å². The Kier molecular flexibility index (Phi) is 1.27. The Bertz CT molecular complexity index is 159. The van der Waals surface area contributed by atoms with Crippen molar-refractivity contribution in [3.8, 4) is 0 Å². The maximum absolute atomic E-state index is 9.57. The fourth-order valence-electron chi connectivity index (χ4n) is 0.326. The van der Waals surface area contributed by atoms with Gasteiger partial charge in [-0.15, -0.1) is 0 Å². The van der Waals surface area contributed by atoms with Crippen molar-refractivity contribution in [2.24, 2.45) is 0 Å². The molecule has 8 heavy (non-hydrogen) atoms.